The molecule has 110 valence electrons. The molecular weight excluding hydrogens is 268 g/mol. The highest BCUT2D eigenvalue weighted by molar-refractivity contribution is 7.98. The summed E-state index contributed by atoms with van der Waals surface area (Å²) in [6.45, 7) is 4.90. The van der Waals surface area contributed by atoms with Crippen LogP contribution in [0.5, 0.6) is 0 Å². The van der Waals surface area contributed by atoms with Crippen LogP contribution >= 0.6 is 11.8 Å². The molecule has 2 unspecified atom stereocenters. The fourth-order valence-electron chi connectivity index (χ4n) is 2.64. The average Bonchev–Trinajstić information content (AvgIpc) is 2.74. The van der Waals surface area contributed by atoms with Gasteiger partial charge in [0.05, 0.1) is 5.54 Å². The van der Waals surface area contributed by atoms with Gasteiger partial charge in [0, 0.05) is 6.54 Å². The Morgan fingerprint density at radius 2 is 2.05 bits per heavy atom. The van der Waals surface area contributed by atoms with Gasteiger partial charge >= 0.3 is 0 Å². The van der Waals surface area contributed by atoms with E-state index < -0.39 is 5.54 Å². The average molecular weight is 292 g/mol. The van der Waals surface area contributed by atoms with Gasteiger partial charge in [-0.2, -0.15) is 11.8 Å². The molecule has 3 nitrogen and oxygen atoms in total. The van der Waals surface area contributed by atoms with Gasteiger partial charge in [0.1, 0.15) is 6.17 Å². The second-order valence-electron chi connectivity index (χ2n) is 5.49. The van der Waals surface area contributed by atoms with E-state index in [9.17, 15) is 4.79 Å². The van der Waals surface area contributed by atoms with Gasteiger partial charge < -0.3 is 4.90 Å². The predicted octanol–water partition coefficient (Wildman–Crippen LogP) is 3.04. The number of hydrogen-bond acceptors (Lipinski definition) is 3. The third kappa shape index (κ3) is 3.01. The zero-order valence-corrected chi connectivity index (χ0v) is 13.4. The van der Waals surface area contributed by atoms with E-state index in [4.69, 9.17) is 0 Å². The van der Waals surface area contributed by atoms with Crippen molar-refractivity contribution in [1.29, 1.82) is 0 Å². The molecule has 1 heterocycles. The molecule has 1 N–H and O–H groups in total. The van der Waals surface area contributed by atoms with Crippen LogP contribution in [0.1, 0.15) is 38.4 Å². The molecule has 1 aromatic rings. The van der Waals surface area contributed by atoms with Gasteiger partial charge in [0.15, 0.2) is 0 Å². The SMILES string of the molecule is CCC1(C)NC(c2ccccc2)N(CCCSC)C1=O. The molecule has 1 fully saturated rings. The number of rotatable bonds is 6. The van der Waals surface area contributed by atoms with E-state index in [0.717, 1.165) is 25.1 Å². The van der Waals surface area contributed by atoms with Crippen LogP contribution in [0, 0.1) is 0 Å². The normalized spacial score (nSPS) is 26.2. The first-order valence-corrected chi connectivity index (χ1v) is 8.64. The van der Waals surface area contributed by atoms with E-state index in [0.29, 0.717) is 0 Å². The van der Waals surface area contributed by atoms with Gasteiger partial charge in [-0.1, -0.05) is 37.3 Å². The molecule has 2 rings (SSSR count). The summed E-state index contributed by atoms with van der Waals surface area (Å²) in [6, 6.07) is 10.3. The predicted molar refractivity (Wildman–Crippen MR) is 85.7 cm³/mol. The number of hydrogen-bond donors (Lipinski definition) is 1. The Labute approximate surface area is 126 Å². The summed E-state index contributed by atoms with van der Waals surface area (Å²) < 4.78 is 0. The minimum absolute atomic E-state index is 0.00973. The molecule has 0 saturated carbocycles. The molecule has 20 heavy (non-hydrogen) atoms. The minimum atomic E-state index is -0.431. The maximum absolute atomic E-state index is 12.7. The fourth-order valence-corrected chi connectivity index (χ4v) is 3.06. The molecule has 1 amide bonds. The van der Waals surface area contributed by atoms with Crippen LogP contribution in [-0.2, 0) is 4.79 Å². The minimum Gasteiger partial charge on any atom is -0.321 e. The molecule has 4 heteroatoms. The number of benzene rings is 1. The van der Waals surface area contributed by atoms with Gasteiger partial charge in [0.2, 0.25) is 5.91 Å². The number of nitrogens with zero attached hydrogens (tertiary/aromatic N) is 1. The highest BCUT2D eigenvalue weighted by Gasteiger charge is 2.46. The van der Waals surface area contributed by atoms with Crippen LogP contribution in [0.25, 0.3) is 0 Å². The van der Waals surface area contributed by atoms with Crippen molar-refractivity contribution < 1.29 is 4.79 Å². The van der Waals surface area contributed by atoms with Crippen LogP contribution in [0.4, 0.5) is 0 Å². The second kappa shape index (κ2) is 6.64. The van der Waals surface area contributed by atoms with Crippen molar-refractivity contribution in [2.75, 3.05) is 18.6 Å². The monoisotopic (exact) mass is 292 g/mol. The lowest BCUT2D eigenvalue weighted by Crippen LogP contribution is -2.43. The van der Waals surface area contributed by atoms with Crippen LogP contribution in [0.15, 0.2) is 30.3 Å². The van der Waals surface area contributed by atoms with Crippen molar-refractivity contribution in [1.82, 2.24) is 10.2 Å². The molecule has 0 bridgehead atoms. The first kappa shape index (κ1) is 15.4. The molecule has 1 aliphatic rings. The van der Waals surface area contributed by atoms with Gasteiger partial charge in [-0.05, 0) is 37.3 Å². The lowest BCUT2D eigenvalue weighted by Gasteiger charge is -2.24. The first-order chi connectivity index (χ1) is 9.62. The van der Waals surface area contributed by atoms with Gasteiger partial charge in [-0.25, -0.2) is 0 Å². The summed E-state index contributed by atoms with van der Waals surface area (Å²) in [5, 5.41) is 3.53. The van der Waals surface area contributed by atoms with E-state index in [1.54, 1.807) is 0 Å². The third-order valence-electron chi connectivity index (χ3n) is 4.07. The molecular formula is C16H24N2OS. The van der Waals surface area contributed by atoms with Crippen molar-refractivity contribution in [2.45, 2.75) is 38.4 Å². The number of amides is 1. The third-order valence-corrected chi connectivity index (χ3v) is 4.77. The number of thioether (sulfide) groups is 1. The molecule has 0 aliphatic carbocycles. The van der Waals surface area contributed by atoms with Crippen molar-refractivity contribution in [3.63, 3.8) is 0 Å². The van der Waals surface area contributed by atoms with E-state index in [1.165, 1.54) is 5.56 Å². The van der Waals surface area contributed by atoms with Crippen molar-refractivity contribution in [3.05, 3.63) is 35.9 Å². The molecule has 1 saturated heterocycles. The lowest BCUT2D eigenvalue weighted by molar-refractivity contribution is -0.133. The number of nitrogens with one attached hydrogen (secondary N) is 1. The highest BCUT2D eigenvalue weighted by atomic mass is 32.2. The van der Waals surface area contributed by atoms with E-state index in [-0.39, 0.29) is 12.1 Å². The zero-order chi connectivity index (χ0) is 14.6. The fraction of sp³-hybridized carbons (Fsp3) is 0.562. The smallest absolute Gasteiger partial charge is 0.244 e. The topological polar surface area (TPSA) is 32.3 Å². The van der Waals surface area contributed by atoms with Crippen molar-refractivity contribution in [2.24, 2.45) is 0 Å². The largest absolute Gasteiger partial charge is 0.321 e. The summed E-state index contributed by atoms with van der Waals surface area (Å²) in [5.74, 6) is 1.32. The van der Waals surface area contributed by atoms with E-state index in [2.05, 4.69) is 30.6 Å². The van der Waals surface area contributed by atoms with Crippen molar-refractivity contribution in [3.8, 4) is 0 Å². The molecule has 0 aromatic heterocycles. The Hall–Kier alpha value is -1.00. The maximum atomic E-state index is 12.7. The second-order valence-corrected chi connectivity index (χ2v) is 6.47. The Balaban J connectivity index is 2.21. The zero-order valence-electron chi connectivity index (χ0n) is 12.6. The summed E-state index contributed by atoms with van der Waals surface area (Å²) in [4.78, 5) is 14.7. The van der Waals surface area contributed by atoms with Crippen LogP contribution < -0.4 is 5.32 Å². The summed E-state index contributed by atoms with van der Waals surface area (Å²) in [7, 11) is 0. The summed E-state index contributed by atoms with van der Waals surface area (Å²) in [6.07, 6.45) is 3.97. The standard InChI is InChI=1S/C16H24N2OS/c1-4-16(2)15(19)18(11-8-12-20-3)14(17-16)13-9-6-5-7-10-13/h5-7,9-10,14,17H,4,8,11-12H2,1-3H3. The highest BCUT2D eigenvalue weighted by Crippen LogP contribution is 2.32. The Morgan fingerprint density at radius 1 is 1.35 bits per heavy atom. The first-order valence-electron chi connectivity index (χ1n) is 7.25. The Bertz CT molecular complexity index is 451. The lowest BCUT2D eigenvalue weighted by atomic mass is 9.99. The number of carbonyl (C=O) groups excluding carboxylic acids is 1. The van der Waals surface area contributed by atoms with Gasteiger partial charge in [-0.3, -0.25) is 10.1 Å². The Kier molecular flexibility index (Phi) is 5.11. The van der Waals surface area contributed by atoms with Crippen LogP contribution in [0.3, 0.4) is 0 Å². The van der Waals surface area contributed by atoms with Crippen molar-refractivity contribution >= 4 is 17.7 Å². The van der Waals surface area contributed by atoms with E-state index in [1.807, 2.05) is 41.8 Å². The summed E-state index contributed by atoms with van der Waals surface area (Å²) >= 11 is 1.83. The van der Waals surface area contributed by atoms with E-state index >= 15 is 0 Å². The quantitative estimate of drug-likeness (QED) is 0.818. The molecule has 1 aromatic carbocycles. The molecule has 2 atom stereocenters. The Morgan fingerprint density at radius 3 is 2.65 bits per heavy atom. The van der Waals surface area contributed by atoms with Crippen LogP contribution in [0.2, 0.25) is 0 Å². The van der Waals surface area contributed by atoms with Crippen LogP contribution in [-0.4, -0.2) is 34.9 Å². The van der Waals surface area contributed by atoms with Gasteiger partial charge in [0.25, 0.3) is 0 Å². The maximum Gasteiger partial charge on any atom is 0.244 e. The van der Waals surface area contributed by atoms with Gasteiger partial charge in [-0.15, -0.1) is 0 Å². The summed E-state index contributed by atoms with van der Waals surface area (Å²) in [5.41, 5.74) is 0.738. The molecule has 0 spiro atoms. The molecule has 0 radical (unpaired) electrons. The number of carbonyl (C=O) groups is 1. The molecule has 1 aliphatic heterocycles.